The van der Waals surface area contributed by atoms with E-state index in [1.807, 2.05) is 0 Å². The van der Waals surface area contributed by atoms with E-state index in [0.717, 1.165) is 50.8 Å². The Morgan fingerprint density at radius 3 is 2.63 bits per heavy atom. The van der Waals surface area contributed by atoms with Gasteiger partial charge in [0.1, 0.15) is 0 Å². The molecule has 2 aliphatic rings. The summed E-state index contributed by atoms with van der Waals surface area (Å²) in [5, 5.41) is 9.52. The molecule has 0 saturated heterocycles. The summed E-state index contributed by atoms with van der Waals surface area (Å²) in [6.45, 7) is 4.67. The number of nitrogens with one attached hydrogen (secondary N) is 3. The number of rotatable bonds is 8. The molecule has 108 valence electrons. The minimum atomic E-state index is 0.184. The van der Waals surface area contributed by atoms with Crippen molar-refractivity contribution in [3.05, 3.63) is 0 Å². The Morgan fingerprint density at radius 1 is 1.21 bits per heavy atom. The number of hydrogen-bond donors (Lipinski definition) is 3. The van der Waals surface area contributed by atoms with E-state index in [4.69, 9.17) is 0 Å². The molecule has 2 rings (SSSR count). The van der Waals surface area contributed by atoms with Crippen molar-refractivity contribution in [1.82, 2.24) is 16.0 Å². The molecule has 0 aromatic heterocycles. The fourth-order valence-electron chi connectivity index (χ4n) is 1.85. The summed E-state index contributed by atoms with van der Waals surface area (Å²) >= 11 is 0. The highest BCUT2D eigenvalue weighted by molar-refractivity contribution is 5.80. The van der Waals surface area contributed by atoms with E-state index in [2.05, 4.69) is 27.9 Å². The van der Waals surface area contributed by atoms with E-state index in [-0.39, 0.29) is 5.91 Å². The minimum Gasteiger partial charge on any atom is -0.357 e. The Balaban J connectivity index is 1.55. The molecular formula is C14H26N4O. The topological polar surface area (TPSA) is 65.5 Å². The molecule has 0 unspecified atom stereocenters. The van der Waals surface area contributed by atoms with Gasteiger partial charge >= 0.3 is 0 Å². The van der Waals surface area contributed by atoms with E-state index in [9.17, 15) is 4.79 Å². The molecule has 0 spiro atoms. The molecule has 0 aromatic carbocycles. The van der Waals surface area contributed by atoms with Gasteiger partial charge in [-0.05, 0) is 44.9 Å². The first-order chi connectivity index (χ1) is 9.28. The molecule has 0 aromatic rings. The fourth-order valence-corrected chi connectivity index (χ4v) is 1.85. The highest BCUT2D eigenvalue weighted by Gasteiger charge is 2.22. The number of carbonyl (C=O) groups is 1. The molecule has 2 aliphatic carbocycles. The van der Waals surface area contributed by atoms with E-state index in [1.165, 1.54) is 12.8 Å². The number of nitrogens with zero attached hydrogens (tertiary/aromatic N) is 1. The third-order valence-electron chi connectivity index (χ3n) is 3.36. The average molecular weight is 266 g/mol. The molecule has 2 fully saturated rings. The molecule has 5 nitrogen and oxygen atoms in total. The zero-order valence-corrected chi connectivity index (χ0v) is 11.9. The number of amides is 1. The summed E-state index contributed by atoms with van der Waals surface area (Å²) in [6, 6.07) is 0.470. The molecule has 1 amide bonds. The van der Waals surface area contributed by atoms with Gasteiger partial charge in [-0.25, -0.2) is 0 Å². The fraction of sp³-hybridized carbons (Fsp3) is 0.857. The summed E-state index contributed by atoms with van der Waals surface area (Å²) in [7, 11) is 0. The zero-order valence-electron chi connectivity index (χ0n) is 11.9. The van der Waals surface area contributed by atoms with Gasteiger partial charge in [-0.2, -0.15) is 0 Å². The SMILES string of the molecule is CCNC(=NCC1CC1)NCCCC(=O)NC1CC1. The molecule has 0 bridgehead atoms. The van der Waals surface area contributed by atoms with E-state index in [0.29, 0.717) is 12.5 Å². The van der Waals surface area contributed by atoms with Crippen molar-refractivity contribution in [1.29, 1.82) is 0 Å². The largest absolute Gasteiger partial charge is 0.357 e. The molecule has 2 saturated carbocycles. The van der Waals surface area contributed by atoms with Crippen molar-refractivity contribution in [3.8, 4) is 0 Å². The van der Waals surface area contributed by atoms with Gasteiger partial charge in [0.25, 0.3) is 0 Å². The molecule has 3 N–H and O–H groups in total. The number of aliphatic imine (C=N–C) groups is 1. The Hall–Kier alpha value is -1.26. The molecule has 5 heteroatoms. The van der Waals surface area contributed by atoms with E-state index in [1.54, 1.807) is 0 Å². The first-order valence-electron chi connectivity index (χ1n) is 7.59. The third-order valence-corrected chi connectivity index (χ3v) is 3.36. The van der Waals surface area contributed by atoms with Gasteiger partial charge in [0.2, 0.25) is 5.91 Å². The Morgan fingerprint density at radius 2 is 2.00 bits per heavy atom. The maximum Gasteiger partial charge on any atom is 0.220 e. The Bertz CT molecular complexity index is 321. The number of hydrogen-bond acceptors (Lipinski definition) is 2. The normalized spacial score (nSPS) is 19.1. The standard InChI is InChI=1S/C14H26N4O/c1-2-15-14(17-10-11-5-6-11)16-9-3-4-13(19)18-12-7-8-12/h11-12H,2-10H2,1H3,(H,18,19)(H2,15,16,17). The van der Waals surface area contributed by atoms with Gasteiger partial charge in [-0.3, -0.25) is 9.79 Å². The molecular weight excluding hydrogens is 240 g/mol. The van der Waals surface area contributed by atoms with Crippen LogP contribution in [-0.4, -0.2) is 37.5 Å². The van der Waals surface area contributed by atoms with Crippen LogP contribution >= 0.6 is 0 Å². The van der Waals surface area contributed by atoms with Crippen LogP contribution in [0.5, 0.6) is 0 Å². The summed E-state index contributed by atoms with van der Waals surface area (Å²) in [5.74, 6) is 1.88. The summed E-state index contributed by atoms with van der Waals surface area (Å²) in [6.07, 6.45) is 6.41. The van der Waals surface area contributed by atoms with Crippen LogP contribution in [0, 0.1) is 5.92 Å². The van der Waals surface area contributed by atoms with Gasteiger partial charge in [0.15, 0.2) is 5.96 Å². The van der Waals surface area contributed by atoms with Crippen LogP contribution in [0.15, 0.2) is 4.99 Å². The Kier molecular flexibility index (Phi) is 5.48. The summed E-state index contributed by atoms with van der Waals surface area (Å²) in [5.41, 5.74) is 0. The minimum absolute atomic E-state index is 0.184. The smallest absolute Gasteiger partial charge is 0.220 e. The van der Waals surface area contributed by atoms with Crippen LogP contribution in [0.2, 0.25) is 0 Å². The second-order valence-electron chi connectivity index (χ2n) is 5.54. The molecule has 0 aliphatic heterocycles. The van der Waals surface area contributed by atoms with Gasteiger partial charge in [-0.15, -0.1) is 0 Å². The van der Waals surface area contributed by atoms with E-state index < -0.39 is 0 Å². The van der Waals surface area contributed by atoms with Gasteiger partial charge in [0.05, 0.1) is 0 Å². The second-order valence-corrected chi connectivity index (χ2v) is 5.54. The second kappa shape index (κ2) is 7.36. The lowest BCUT2D eigenvalue weighted by molar-refractivity contribution is -0.121. The molecule has 0 heterocycles. The Labute approximate surface area is 115 Å². The quantitative estimate of drug-likeness (QED) is 0.349. The van der Waals surface area contributed by atoms with Crippen molar-refractivity contribution >= 4 is 11.9 Å². The van der Waals surface area contributed by atoms with Crippen LogP contribution < -0.4 is 16.0 Å². The van der Waals surface area contributed by atoms with Crippen molar-refractivity contribution in [2.45, 2.75) is 51.5 Å². The lowest BCUT2D eigenvalue weighted by Crippen LogP contribution is -2.38. The molecule has 0 atom stereocenters. The van der Waals surface area contributed by atoms with Gasteiger partial charge in [-0.1, -0.05) is 0 Å². The zero-order chi connectivity index (χ0) is 13.5. The number of guanidine groups is 1. The first-order valence-corrected chi connectivity index (χ1v) is 7.59. The highest BCUT2D eigenvalue weighted by Crippen LogP contribution is 2.28. The lowest BCUT2D eigenvalue weighted by Gasteiger charge is -2.11. The molecule has 0 radical (unpaired) electrons. The first kappa shape index (κ1) is 14.2. The summed E-state index contributed by atoms with van der Waals surface area (Å²) < 4.78 is 0. The van der Waals surface area contributed by atoms with Crippen molar-refractivity contribution in [3.63, 3.8) is 0 Å². The molecule has 19 heavy (non-hydrogen) atoms. The monoisotopic (exact) mass is 266 g/mol. The van der Waals surface area contributed by atoms with E-state index >= 15 is 0 Å². The number of carbonyl (C=O) groups excluding carboxylic acids is 1. The maximum atomic E-state index is 11.5. The van der Waals surface area contributed by atoms with Crippen molar-refractivity contribution in [2.75, 3.05) is 19.6 Å². The van der Waals surface area contributed by atoms with Crippen LogP contribution in [0.1, 0.15) is 45.4 Å². The third kappa shape index (κ3) is 6.45. The van der Waals surface area contributed by atoms with Gasteiger partial charge < -0.3 is 16.0 Å². The average Bonchev–Trinajstić information content (AvgIpc) is 3.24. The summed E-state index contributed by atoms with van der Waals surface area (Å²) in [4.78, 5) is 16.0. The highest BCUT2D eigenvalue weighted by atomic mass is 16.1. The van der Waals surface area contributed by atoms with Crippen molar-refractivity contribution < 1.29 is 4.79 Å². The van der Waals surface area contributed by atoms with Crippen LogP contribution in [0.4, 0.5) is 0 Å². The predicted octanol–water partition coefficient (Wildman–Crippen LogP) is 1.01. The van der Waals surface area contributed by atoms with Gasteiger partial charge in [0, 0.05) is 32.1 Å². The van der Waals surface area contributed by atoms with Crippen LogP contribution in [0.3, 0.4) is 0 Å². The van der Waals surface area contributed by atoms with Crippen LogP contribution in [0.25, 0.3) is 0 Å². The predicted molar refractivity (Wildman–Crippen MR) is 77.1 cm³/mol. The van der Waals surface area contributed by atoms with Crippen LogP contribution in [-0.2, 0) is 4.79 Å². The lowest BCUT2D eigenvalue weighted by atomic mass is 10.3. The maximum absolute atomic E-state index is 11.5. The van der Waals surface area contributed by atoms with Crippen molar-refractivity contribution in [2.24, 2.45) is 10.9 Å².